The van der Waals surface area contributed by atoms with E-state index in [1.165, 1.54) is 26.2 Å². The van der Waals surface area contributed by atoms with Gasteiger partial charge in [0, 0.05) is 14.1 Å². The first-order valence-corrected chi connectivity index (χ1v) is 5.86. The van der Waals surface area contributed by atoms with Gasteiger partial charge in [0.25, 0.3) is 0 Å². The van der Waals surface area contributed by atoms with Gasteiger partial charge in [0.05, 0.1) is 0 Å². The van der Waals surface area contributed by atoms with E-state index in [4.69, 9.17) is 0 Å². The number of para-hydroxylation sites is 1. The number of sulfonamides is 1. The summed E-state index contributed by atoms with van der Waals surface area (Å²) in [5.74, 6) is -0.742. The number of nitrogens with zero attached hydrogens (tertiary/aromatic N) is 1. The van der Waals surface area contributed by atoms with Crippen LogP contribution in [-0.2, 0) is 10.0 Å². The third-order valence-electron chi connectivity index (χ3n) is 1.83. The van der Waals surface area contributed by atoms with Crippen molar-refractivity contribution >= 4 is 10.0 Å². The van der Waals surface area contributed by atoms with Crippen LogP contribution >= 0.6 is 0 Å². The van der Waals surface area contributed by atoms with E-state index in [1.807, 2.05) is 0 Å². The second kappa shape index (κ2) is 4.53. The summed E-state index contributed by atoms with van der Waals surface area (Å²) in [6.45, 7) is 0. The van der Waals surface area contributed by atoms with Crippen molar-refractivity contribution in [3.63, 3.8) is 0 Å². The fraction of sp³-hybridized carbons (Fsp3) is 0.333. The van der Waals surface area contributed by atoms with Gasteiger partial charge in [-0.1, -0.05) is 12.1 Å². The van der Waals surface area contributed by atoms with Crippen molar-refractivity contribution in [2.24, 2.45) is 0 Å². The average molecular weight is 269 g/mol. The first-order valence-electron chi connectivity index (χ1n) is 4.42. The van der Waals surface area contributed by atoms with Crippen molar-refractivity contribution in [2.45, 2.75) is 11.3 Å². The molecule has 1 rings (SSSR count). The Morgan fingerprint density at radius 3 is 2.18 bits per heavy atom. The van der Waals surface area contributed by atoms with Gasteiger partial charge in [-0.2, -0.15) is 0 Å². The van der Waals surface area contributed by atoms with Crippen LogP contribution in [0.15, 0.2) is 29.2 Å². The molecule has 0 aliphatic heterocycles. The first kappa shape index (κ1) is 13.8. The van der Waals surface area contributed by atoms with E-state index in [1.54, 1.807) is 0 Å². The SMILES string of the molecule is CN(C)S(=O)(=O)c1ccccc1OC(F)(F)F. The number of ether oxygens (including phenoxy) is 1. The van der Waals surface area contributed by atoms with Crippen LogP contribution in [0.5, 0.6) is 5.75 Å². The van der Waals surface area contributed by atoms with Crippen LogP contribution in [0.25, 0.3) is 0 Å². The summed E-state index contributed by atoms with van der Waals surface area (Å²) >= 11 is 0. The smallest absolute Gasteiger partial charge is 0.404 e. The highest BCUT2D eigenvalue weighted by atomic mass is 32.2. The van der Waals surface area contributed by atoms with Crippen molar-refractivity contribution in [3.8, 4) is 5.75 Å². The number of alkyl halides is 3. The van der Waals surface area contributed by atoms with Crippen LogP contribution < -0.4 is 4.74 Å². The van der Waals surface area contributed by atoms with Crippen LogP contribution in [0.4, 0.5) is 13.2 Å². The van der Waals surface area contributed by atoms with E-state index >= 15 is 0 Å². The van der Waals surface area contributed by atoms with Crippen molar-refractivity contribution in [1.29, 1.82) is 0 Å². The highest BCUT2D eigenvalue weighted by Crippen LogP contribution is 2.30. The molecule has 0 unspecified atom stereocenters. The molecule has 1 aromatic rings. The lowest BCUT2D eigenvalue weighted by molar-refractivity contribution is -0.275. The molecule has 1 aromatic carbocycles. The maximum atomic E-state index is 12.1. The van der Waals surface area contributed by atoms with Crippen LogP contribution in [-0.4, -0.2) is 33.2 Å². The summed E-state index contributed by atoms with van der Waals surface area (Å²) in [6, 6.07) is 4.58. The Hall–Kier alpha value is -1.28. The highest BCUT2D eigenvalue weighted by Gasteiger charge is 2.34. The summed E-state index contributed by atoms with van der Waals surface area (Å²) < 4.78 is 64.1. The van der Waals surface area contributed by atoms with Crippen molar-refractivity contribution in [3.05, 3.63) is 24.3 Å². The molecule has 4 nitrogen and oxygen atoms in total. The van der Waals surface area contributed by atoms with Crippen molar-refractivity contribution in [1.82, 2.24) is 4.31 Å². The fourth-order valence-electron chi connectivity index (χ4n) is 1.07. The minimum absolute atomic E-state index is 0.526. The lowest BCUT2D eigenvalue weighted by Gasteiger charge is -2.16. The quantitative estimate of drug-likeness (QED) is 0.841. The molecule has 0 atom stereocenters. The Morgan fingerprint density at radius 2 is 1.71 bits per heavy atom. The van der Waals surface area contributed by atoms with Crippen molar-refractivity contribution < 1.29 is 26.3 Å². The van der Waals surface area contributed by atoms with Gasteiger partial charge in [-0.3, -0.25) is 0 Å². The minimum Gasteiger partial charge on any atom is -0.404 e. The van der Waals surface area contributed by atoms with Gasteiger partial charge in [0.2, 0.25) is 10.0 Å². The summed E-state index contributed by atoms with van der Waals surface area (Å²) in [7, 11) is -1.53. The molecular formula is C9H10F3NO3S. The second-order valence-electron chi connectivity index (χ2n) is 3.28. The molecule has 0 heterocycles. The Labute approximate surface area is 96.7 Å². The summed E-state index contributed by atoms with van der Waals surface area (Å²) in [5.41, 5.74) is 0. The van der Waals surface area contributed by atoms with E-state index in [2.05, 4.69) is 4.74 Å². The van der Waals surface area contributed by atoms with Crippen molar-refractivity contribution in [2.75, 3.05) is 14.1 Å². The average Bonchev–Trinajstić information content (AvgIpc) is 2.15. The van der Waals surface area contributed by atoms with Crippen LogP contribution in [0.2, 0.25) is 0 Å². The molecule has 8 heteroatoms. The number of halogens is 3. The lowest BCUT2D eigenvalue weighted by atomic mass is 10.3. The molecule has 0 spiro atoms. The van der Waals surface area contributed by atoms with Gasteiger partial charge in [-0.15, -0.1) is 13.2 Å². The molecule has 0 saturated carbocycles. The van der Waals surface area contributed by atoms with Gasteiger partial charge < -0.3 is 4.74 Å². The number of benzene rings is 1. The summed E-state index contributed by atoms with van der Waals surface area (Å²) in [5, 5.41) is 0. The maximum Gasteiger partial charge on any atom is 0.573 e. The normalized spacial score (nSPS) is 12.8. The zero-order valence-electron chi connectivity index (χ0n) is 9.02. The molecule has 0 aromatic heterocycles. The zero-order valence-corrected chi connectivity index (χ0v) is 9.84. The first-order chi connectivity index (χ1) is 7.64. The van der Waals surface area contributed by atoms with Gasteiger partial charge >= 0.3 is 6.36 Å². The number of hydrogen-bond acceptors (Lipinski definition) is 3. The van der Waals surface area contributed by atoms with Crippen LogP contribution in [0, 0.1) is 0 Å². The fourth-order valence-corrected chi connectivity index (χ4v) is 2.08. The molecular weight excluding hydrogens is 259 g/mol. The molecule has 0 radical (unpaired) electrons. The molecule has 0 saturated heterocycles. The van der Waals surface area contributed by atoms with Gasteiger partial charge in [-0.05, 0) is 12.1 Å². The number of rotatable bonds is 3. The molecule has 0 aliphatic rings. The van der Waals surface area contributed by atoms with Crippen LogP contribution in [0.3, 0.4) is 0 Å². The monoisotopic (exact) mass is 269 g/mol. The highest BCUT2D eigenvalue weighted by molar-refractivity contribution is 7.89. The van der Waals surface area contributed by atoms with E-state index < -0.39 is 27.0 Å². The van der Waals surface area contributed by atoms with E-state index in [9.17, 15) is 21.6 Å². The van der Waals surface area contributed by atoms with E-state index in [-0.39, 0.29) is 0 Å². The third kappa shape index (κ3) is 3.34. The minimum atomic E-state index is -4.93. The standard InChI is InChI=1S/C9H10F3NO3S/c1-13(2)17(14,15)8-6-4-3-5-7(8)16-9(10,11)12/h3-6H,1-2H3. The molecule has 0 aliphatic carbocycles. The van der Waals surface area contributed by atoms with E-state index in [0.717, 1.165) is 16.4 Å². The molecule has 0 fully saturated rings. The molecule has 17 heavy (non-hydrogen) atoms. The number of hydrogen-bond donors (Lipinski definition) is 0. The largest absolute Gasteiger partial charge is 0.573 e. The van der Waals surface area contributed by atoms with E-state index in [0.29, 0.717) is 0 Å². The summed E-state index contributed by atoms with van der Waals surface area (Å²) in [6.07, 6.45) is -4.93. The molecule has 0 N–H and O–H groups in total. The maximum absolute atomic E-state index is 12.1. The Morgan fingerprint density at radius 1 is 1.18 bits per heavy atom. The zero-order chi connectivity index (χ0) is 13.3. The summed E-state index contributed by atoms with van der Waals surface area (Å²) in [4.78, 5) is -0.526. The molecule has 0 amide bonds. The Kier molecular flexibility index (Phi) is 3.68. The lowest BCUT2D eigenvalue weighted by Crippen LogP contribution is -2.25. The third-order valence-corrected chi connectivity index (χ3v) is 3.69. The van der Waals surface area contributed by atoms with Crippen LogP contribution in [0.1, 0.15) is 0 Å². The van der Waals surface area contributed by atoms with Gasteiger partial charge in [-0.25, -0.2) is 12.7 Å². The Balaban J connectivity index is 3.27. The topological polar surface area (TPSA) is 46.6 Å². The Bertz CT molecular complexity index is 496. The van der Waals surface area contributed by atoms with Gasteiger partial charge in [0.15, 0.2) is 0 Å². The molecule has 0 bridgehead atoms. The molecule has 96 valence electrons. The van der Waals surface area contributed by atoms with Gasteiger partial charge in [0.1, 0.15) is 10.6 Å². The second-order valence-corrected chi connectivity index (χ2v) is 5.40. The predicted molar refractivity (Wildman–Crippen MR) is 54.0 cm³/mol. The predicted octanol–water partition coefficient (Wildman–Crippen LogP) is 1.84.